The molecule has 1 aliphatic rings. The van der Waals surface area contributed by atoms with Crippen molar-refractivity contribution >= 4 is 17.4 Å². The maximum absolute atomic E-state index is 12.8. The van der Waals surface area contributed by atoms with E-state index in [4.69, 9.17) is 0 Å². The lowest BCUT2D eigenvalue weighted by atomic mass is 10.2. The van der Waals surface area contributed by atoms with Gasteiger partial charge in [0.1, 0.15) is 11.5 Å². The first-order chi connectivity index (χ1) is 13.3. The SMILES string of the molecule is O=C(Nc1ccccc1)c1cc(NC2CCCC2)nc(-c2ccccc2)n1. The summed E-state index contributed by atoms with van der Waals surface area (Å²) in [5.74, 6) is 1.01. The van der Waals surface area contributed by atoms with Crippen LogP contribution in [0.4, 0.5) is 11.5 Å². The Balaban J connectivity index is 1.65. The zero-order valence-electron chi connectivity index (χ0n) is 15.1. The van der Waals surface area contributed by atoms with Gasteiger partial charge in [-0.15, -0.1) is 0 Å². The van der Waals surface area contributed by atoms with Crippen LogP contribution in [0, 0.1) is 0 Å². The number of amides is 1. The van der Waals surface area contributed by atoms with Crippen molar-refractivity contribution in [2.24, 2.45) is 0 Å². The van der Waals surface area contributed by atoms with Crippen LogP contribution in [0.15, 0.2) is 66.7 Å². The summed E-state index contributed by atoms with van der Waals surface area (Å²) in [4.78, 5) is 21.9. The summed E-state index contributed by atoms with van der Waals surface area (Å²) < 4.78 is 0. The highest BCUT2D eigenvalue weighted by Crippen LogP contribution is 2.24. The number of carbonyl (C=O) groups excluding carboxylic acids is 1. The molecule has 1 fully saturated rings. The van der Waals surface area contributed by atoms with Crippen molar-refractivity contribution in [3.8, 4) is 11.4 Å². The molecule has 1 aliphatic carbocycles. The van der Waals surface area contributed by atoms with E-state index in [2.05, 4.69) is 20.6 Å². The number of hydrogen-bond donors (Lipinski definition) is 2. The minimum atomic E-state index is -0.241. The highest BCUT2D eigenvalue weighted by Gasteiger charge is 2.18. The predicted molar refractivity (Wildman–Crippen MR) is 108 cm³/mol. The quantitative estimate of drug-likeness (QED) is 0.691. The average Bonchev–Trinajstić information content (AvgIpc) is 3.22. The van der Waals surface area contributed by atoms with E-state index < -0.39 is 0 Å². The van der Waals surface area contributed by atoms with Crippen molar-refractivity contribution in [3.05, 3.63) is 72.4 Å². The fourth-order valence-electron chi connectivity index (χ4n) is 3.35. The number of anilines is 2. The topological polar surface area (TPSA) is 66.9 Å². The number of rotatable bonds is 5. The van der Waals surface area contributed by atoms with Gasteiger partial charge in [-0.3, -0.25) is 4.79 Å². The lowest BCUT2D eigenvalue weighted by Gasteiger charge is -2.15. The molecule has 4 rings (SSSR count). The molecule has 0 unspecified atom stereocenters. The van der Waals surface area contributed by atoms with Gasteiger partial charge in [-0.05, 0) is 25.0 Å². The summed E-state index contributed by atoms with van der Waals surface area (Å²) >= 11 is 0. The summed E-state index contributed by atoms with van der Waals surface area (Å²) in [6, 6.07) is 21.3. The van der Waals surface area contributed by atoms with Gasteiger partial charge in [0.25, 0.3) is 5.91 Å². The van der Waals surface area contributed by atoms with Crippen LogP contribution in [0.1, 0.15) is 36.2 Å². The third kappa shape index (κ3) is 4.31. The number of aromatic nitrogens is 2. The van der Waals surface area contributed by atoms with Gasteiger partial charge in [0.2, 0.25) is 0 Å². The lowest BCUT2D eigenvalue weighted by Crippen LogP contribution is -2.19. The van der Waals surface area contributed by atoms with Gasteiger partial charge in [-0.2, -0.15) is 0 Å². The molecule has 5 nitrogen and oxygen atoms in total. The minimum absolute atomic E-state index is 0.241. The first kappa shape index (κ1) is 17.2. The van der Waals surface area contributed by atoms with Crippen LogP contribution in [0.3, 0.4) is 0 Å². The maximum Gasteiger partial charge on any atom is 0.274 e. The van der Waals surface area contributed by atoms with Crippen molar-refractivity contribution < 1.29 is 4.79 Å². The minimum Gasteiger partial charge on any atom is -0.367 e. The molecule has 0 atom stereocenters. The van der Waals surface area contributed by atoms with Gasteiger partial charge in [-0.1, -0.05) is 61.4 Å². The van der Waals surface area contributed by atoms with Crippen LogP contribution < -0.4 is 10.6 Å². The average molecular weight is 358 g/mol. The van der Waals surface area contributed by atoms with E-state index in [0.717, 1.165) is 24.1 Å². The van der Waals surface area contributed by atoms with Crippen LogP contribution in [0.25, 0.3) is 11.4 Å². The van der Waals surface area contributed by atoms with E-state index in [1.165, 1.54) is 12.8 Å². The second-order valence-electron chi connectivity index (χ2n) is 6.77. The molecule has 1 aromatic heterocycles. The number of para-hydroxylation sites is 1. The highest BCUT2D eigenvalue weighted by atomic mass is 16.1. The second kappa shape index (κ2) is 7.99. The first-order valence-electron chi connectivity index (χ1n) is 9.35. The van der Waals surface area contributed by atoms with Crippen molar-refractivity contribution in [1.29, 1.82) is 0 Å². The summed E-state index contributed by atoms with van der Waals surface area (Å²) in [6.07, 6.45) is 4.73. The van der Waals surface area contributed by atoms with Crippen molar-refractivity contribution in [1.82, 2.24) is 9.97 Å². The molecule has 1 amide bonds. The van der Waals surface area contributed by atoms with Gasteiger partial charge >= 0.3 is 0 Å². The Morgan fingerprint density at radius 1 is 0.889 bits per heavy atom. The Hall–Kier alpha value is -3.21. The fraction of sp³-hybridized carbons (Fsp3) is 0.227. The Kier molecular flexibility index (Phi) is 5.10. The van der Waals surface area contributed by atoms with Gasteiger partial charge in [0.15, 0.2) is 5.82 Å². The van der Waals surface area contributed by atoms with Gasteiger partial charge in [-0.25, -0.2) is 9.97 Å². The Morgan fingerprint density at radius 2 is 1.56 bits per heavy atom. The fourth-order valence-corrected chi connectivity index (χ4v) is 3.35. The van der Waals surface area contributed by atoms with Gasteiger partial charge < -0.3 is 10.6 Å². The molecular weight excluding hydrogens is 336 g/mol. The van der Waals surface area contributed by atoms with Crippen molar-refractivity contribution in [2.45, 2.75) is 31.7 Å². The summed E-state index contributed by atoms with van der Waals surface area (Å²) in [7, 11) is 0. The predicted octanol–water partition coefficient (Wildman–Crippen LogP) is 4.75. The normalized spacial score (nSPS) is 14.1. The van der Waals surface area contributed by atoms with Gasteiger partial charge in [0, 0.05) is 23.4 Å². The molecule has 0 radical (unpaired) electrons. The Bertz CT molecular complexity index is 906. The van der Waals surface area contributed by atoms with E-state index in [-0.39, 0.29) is 5.91 Å². The number of nitrogens with one attached hydrogen (secondary N) is 2. The van der Waals surface area contributed by atoms with E-state index in [9.17, 15) is 4.79 Å². The zero-order chi connectivity index (χ0) is 18.5. The maximum atomic E-state index is 12.8. The Morgan fingerprint density at radius 3 is 2.26 bits per heavy atom. The molecule has 136 valence electrons. The third-order valence-electron chi connectivity index (χ3n) is 4.73. The van der Waals surface area contributed by atoms with Crippen LogP contribution in [0.2, 0.25) is 0 Å². The molecule has 27 heavy (non-hydrogen) atoms. The van der Waals surface area contributed by atoms with Gasteiger partial charge in [0.05, 0.1) is 0 Å². The molecular formula is C22H22N4O. The molecule has 1 heterocycles. The smallest absolute Gasteiger partial charge is 0.274 e. The summed E-state index contributed by atoms with van der Waals surface area (Å²) in [6.45, 7) is 0. The van der Waals surface area contributed by atoms with Crippen molar-refractivity contribution in [3.63, 3.8) is 0 Å². The standard InChI is InChI=1S/C22H22N4O/c27-22(24-18-11-5-2-6-12-18)19-15-20(23-17-13-7-8-14-17)26-21(25-19)16-9-3-1-4-10-16/h1-6,9-12,15,17H,7-8,13-14H2,(H,24,27)(H,23,25,26). The number of nitrogens with zero attached hydrogens (tertiary/aromatic N) is 2. The monoisotopic (exact) mass is 358 g/mol. The van der Waals surface area contributed by atoms with Crippen molar-refractivity contribution in [2.75, 3.05) is 10.6 Å². The zero-order valence-corrected chi connectivity index (χ0v) is 15.1. The van der Waals surface area contributed by atoms with E-state index in [0.29, 0.717) is 23.4 Å². The number of benzene rings is 2. The number of carbonyl (C=O) groups is 1. The van der Waals surface area contributed by atoms with Crippen LogP contribution in [0.5, 0.6) is 0 Å². The van der Waals surface area contributed by atoms with Crippen LogP contribution in [-0.4, -0.2) is 21.9 Å². The molecule has 0 aliphatic heterocycles. The van der Waals surface area contributed by atoms with E-state index >= 15 is 0 Å². The van der Waals surface area contributed by atoms with E-state index in [1.54, 1.807) is 6.07 Å². The third-order valence-corrected chi connectivity index (χ3v) is 4.73. The molecule has 5 heteroatoms. The highest BCUT2D eigenvalue weighted by molar-refractivity contribution is 6.03. The molecule has 2 N–H and O–H groups in total. The molecule has 0 spiro atoms. The first-order valence-corrected chi connectivity index (χ1v) is 9.35. The largest absolute Gasteiger partial charge is 0.367 e. The molecule has 2 aromatic carbocycles. The molecule has 0 bridgehead atoms. The molecule has 1 saturated carbocycles. The lowest BCUT2D eigenvalue weighted by molar-refractivity contribution is 0.102. The Labute approximate surface area is 158 Å². The summed E-state index contributed by atoms with van der Waals surface area (Å²) in [5.41, 5.74) is 1.99. The van der Waals surface area contributed by atoms with Crippen LogP contribution >= 0.6 is 0 Å². The summed E-state index contributed by atoms with van der Waals surface area (Å²) in [5, 5.41) is 6.38. The molecule has 3 aromatic rings. The van der Waals surface area contributed by atoms with E-state index in [1.807, 2.05) is 60.7 Å². The molecule has 0 saturated heterocycles. The second-order valence-corrected chi connectivity index (χ2v) is 6.77. The number of hydrogen-bond acceptors (Lipinski definition) is 4. The van der Waals surface area contributed by atoms with Crippen LogP contribution in [-0.2, 0) is 0 Å².